The minimum absolute atomic E-state index is 0.0764. The van der Waals surface area contributed by atoms with Crippen molar-refractivity contribution < 1.29 is 14.7 Å². The number of aromatic nitrogens is 1. The Kier molecular flexibility index (Phi) is 5.58. The van der Waals surface area contributed by atoms with Gasteiger partial charge in [-0.2, -0.15) is 0 Å². The van der Waals surface area contributed by atoms with E-state index in [1.165, 1.54) is 6.20 Å². The fourth-order valence-electron chi connectivity index (χ4n) is 1.45. The first-order valence-electron chi connectivity index (χ1n) is 5.63. The topological polar surface area (TPSA) is 79.3 Å². The molecule has 0 radical (unpaired) electrons. The third-order valence-electron chi connectivity index (χ3n) is 2.39. The molecule has 0 aromatic carbocycles. The van der Waals surface area contributed by atoms with Gasteiger partial charge in [-0.15, -0.1) is 0 Å². The second-order valence-electron chi connectivity index (χ2n) is 4.03. The van der Waals surface area contributed by atoms with Gasteiger partial charge in [-0.05, 0) is 31.9 Å². The molecule has 2 N–H and O–H groups in total. The number of pyridine rings is 1. The van der Waals surface area contributed by atoms with Crippen LogP contribution >= 0.6 is 11.6 Å². The summed E-state index contributed by atoms with van der Waals surface area (Å²) in [6.07, 6.45) is 2.68. The van der Waals surface area contributed by atoms with Crippen molar-refractivity contribution in [3.8, 4) is 0 Å². The highest BCUT2D eigenvalue weighted by Crippen LogP contribution is 2.06. The lowest BCUT2D eigenvalue weighted by atomic mass is 10.1. The van der Waals surface area contributed by atoms with Crippen molar-refractivity contribution >= 4 is 23.5 Å². The van der Waals surface area contributed by atoms with Crippen molar-refractivity contribution in [3.63, 3.8) is 0 Å². The predicted octanol–water partition coefficient (Wildman–Crippen LogP) is 2.11. The van der Waals surface area contributed by atoms with E-state index in [4.69, 9.17) is 16.7 Å². The molecule has 0 bridgehead atoms. The molecule has 1 rings (SSSR count). The summed E-state index contributed by atoms with van der Waals surface area (Å²) >= 11 is 5.62. The van der Waals surface area contributed by atoms with Crippen LogP contribution in [0, 0.1) is 0 Å². The maximum Gasteiger partial charge on any atom is 0.303 e. The molecule has 1 aromatic heterocycles. The van der Waals surface area contributed by atoms with Crippen molar-refractivity contribution in [1.29, 1.82) is 0 Å². The molecular formula is C12H15ClN2O3. The van der Waals surface area contributed by atoms with Crippen LogP contribution in [0.2, 0.25) is 5.15 Å². The lowest BCUT2D eigenvalue weighted by Crippen LogP contribution is -2.32. The number of amides is 1. The second kappa shape index (κ2) is 6.96. The normalized spacial score (nSPS) is 11.9. The summed E-state index contributed by atoms with van der Waals surface area (Å²) in [6.45, 7) is 1.84. The van der Waals surface area contributed by atoms with Crippen LogP contribution in [-0.4, -0.2) is 28.0 Å². The summed E-state index contributed by atoms with van der Waals surface area (Å²) in [5.74, 6) is -1.06. The number of carbonyl (C=O) groups is 2. The Labute approximate surface area is 110 Å². The van der Waals surface area contributed by atoms with Crippen molar-refractivity contribution in [1.82, 2.24) is 10.3 Å². The number of nitrogens with zero attached hydrogens (tertiary/aromatic N) is 1. The molecule has 1 heterocycles. The fraction of sp³-hybridized carbons (Fsp3) is 0.417. The summed E-state index contributed by atoms with van der Waals surface area (Å²) in [4.78, 5) is 25.9. The number of hydrogen-bond acceptors (Lipinski definition) is 3. The van der Waals surface area contributed by atoms with E-state index >= 15 is 0 Å². The van der Waals surface area contributed by atoms with Crippen LogP contribution in [0.5, 0.6) is 0 Å². The zero-order chi connectivity index (χ0) is 13.5. The Morgan fingerprint density at radius 1 is 1.50 bits per heavy atom. The molecule has 6 heteroatoms. The van der Waals surface area contributed by atoms with E-state index in [0.717, 1.165) is 0 Å². The molecule has 0 spiro atoms. The number of carboxylic acid groups (broad SMARTS) is 1. The Morgan fingerprint density at radius 3 is 2.78 bits per heavy atom. The molecule has 0 saturated carbocycles. The minimum Gasteiger partial charge on any atom is -0.481 e. The molecule has 98 valence electrons. The zero-order valence-corrected chi connectivity index (χ0v) is 10.8. The first-order chi connectivity index (χ1) is 8.49. The highest BCUT2D eigenvalue weighted by atomic mass is 35.5. The Bertz CT molecular complexity index is 420. The van der Waals surface area contributed by atoms with Gasteiger partial charge in [-0.25, -0.2) is 4.98 Å². The van der Waals surface area contributed by atoms with Crippen LogP contribution in [0.3, 0.4) is 0 Å². The maximum absolute atomic E-state index is 11.8. The Morgan fingerprint density at radius 2 is 2.22 bits per heavy atom. The predicted molar refractivity (Wildman–Crippen MR) is 67.7 cm³/mol. The van der Waals surface area contributed by atoms with Gasteiger partial charge in [0, 0.05) is 18.7 Å². The number of aliphatic carboxylic acids is 1. The lowest BCUT2D eigenvalue weighted by molar-refractivity contribution is -0.137. The molecule has 1 unspecified atom stereocenters. The van der Waals surface area contributed by atoms with Crippen molar-refractivity contribution in [2.24, 2.45) is 0 Å². The molecule has 0 fully saturated rings. The van der Waals surface area contributed by atoms with Gasteiger partial charge < -0.3 is 10.4 Å². The number of carbonyl (C=O) groups excluding carboxylic acids is 1. The second-order valence-corrected chi connectivity index (χ2v) is 4.42. The molecule has 0 aliphatic heterocycles. The smallest absolute Gasteiger partial charge is 0.303 e. The van der Waals surface area contributed by atoms with E-state index < -0.39 is 5.97 Å². The minimum atomic E-state index is -0.824. The summed E-state index contributed by atoms with van der Waals surface area (Å²) in [5.41, 5.74) is 0.435. The van der Waals surface area contributed by atoms with Gasteiger partial charge in [-0.3, -0.25) is 9.59 Å². The van der Waals surface area contributed by atoms with Crippen LogP contribution in [0.15, 0.2) is 18.3 Å². The highest BCUT2D eigenvalue weighted by molar-refractivity contribution is 6.29. The first-order valence-corrected chi connectivity index (χ1v) is 6.01. The van der Waals surface area contributed by atoms with Gasteiger partial charge in [0.2, 0.25) is 0 Å². The summed E-state index contributed by atoms with van der Waals surface area (Å²) in [6, 6.07) is 3.06. The lowest BCUT2D eigenvalue weighted by Gasteiger charge is -2.13. The van der Waals surface area contributed by atoms with Gasteiger partial charge in [0.15, 0.2) is 0 Å². The number of hydrogen-bond donors (Lipinski definition) is 2. The average molecular weight is 271 g/mol. The number of rotatable bonds is 6. The van der Waals surface area contributed by atoms with Gasteiger partial charge in [0.05, 0.1) is 5.56 Å². The summed E-state index contributed by atoms with van der Waals surface area (Å²) < 4.78 is 0. The van der Waals surface area contributed by atoms with E-state index in [-0.39, 0.29) is 18.4 Å². The quantitative estimate of drug-likeness (QED) is 0.776. The van der Waals surface area contributed by atoms with Crippen LogP contribution in [0.4, 0.5) is 0 Å². The van der Waals surface area contributed by atoms with Crippen LogP contribution in [-0.2, 0) is 4.79 Å². The fourth-order valence-corrected chi connectivity index (χ4v) is 1.56. The van der Waals surface area contributed by atoms with Crippen molar-refractivity contribution in [2.45, 2.75) is 32.2 Å². The van der Waals surface area contributed by atoms with E-state index in [9.17, 15) is 9.59 Å². The molecule has 1 aromatic rings. The van der Waals surface area contributed by atoms with E-state index in [1.54, 1.807) is 12.1 Å². The van der Waals surface area contributed by atoms with Gasteiger partial charge in [0.25, 0.3) is 5.91 Å². The molecule has 0 aliphatic carbocycles. The summed E-state index contributed by atoms with van der Waals surface area (Å²) in [5, 5.41) is 11.6. The number of halogens is 1. The number of carboxylic acids is 1. The van der Waals surface area contributed by atoms with Crippen LogP contribution in [0.25, 0.3) is 0 Å². The largest absolute Gasteiger partial charge is 0.481 e. The summed E-state index contributed by atoms with van der Waals surface area (Å²) in [7, 11) is 0. The molecule has 0 saturated heterocycles. The molecule has 1 amide bonds. The third kappa shape index (κ3) is 5.14. The third-order valence-corrected chi connectivity index (χ3v) is 2.62. The zero-order valence-electron chi connectivity index (χ0n) is 10.0. The Balaban J connectivity index is 2.39. The maximum atomic E-state index is 11.8. The van der Waals surface area contributed by atoms with E-state index in [2.05, 4.69) is 10.3 Å². The molecule has 1 atom stereocenters. The number of nitrogens with one attached hydrogen (secondary N) is 1. The molecular weight excluding hydrogens is 256 g/mol. The monoisotopic (exact) mass is 270 g/mol. The van der Waals surface area contributed by atoms with E-state index in [1.807, 2.05) is 6.92 Å². The molecule has 18 heavy (non-hydrogen) atoms. The standard InChI is InChI=1S/C12H15ClN2O3/c1-8(3-2-4-11(16)17)15-12(18)9-5-6-10(13)14-7-9/h5-8H,2-4H2,1H3,(H,15,18)(H,16,17). The van der Waals surface area contributed by atoms with E-state index in [0.29, 0.717) is 23.6 Å². The SMILES string of the molecule is CC(CCCC(=O)O)NC(=O)c1ccc(Cl)nc1. The highest BCUT2D eigenvalue weighted by Gasteiger charge is 2.10. The first kappa shape index (κ1) is 14.4. The van der Waals surface area contributed by atoms with Crippen molar-refractivity contribution in [3.05, 3.63) is 29.0 Å². The van der Waals surface area contributed by atoms with Gasteiger partial charge in [0.1, 0.15) is 5.15 Å². The van der Waals surface area contributed by atoms with Crippen LogP contribution in [0.1, 0.15) is 36.5 Å². The van der Waals surface area contributed by atoms with Gasteiger partial charge >= 0.3 is 5.97 Å². The van der Waals surface area contributed by atoms with Gasteiger partial charge in [-0.1, -0.05) is 11.6 Å². The average Bonchev–Trinajstić information content (AvgIpc) is 2.29. The molecule has 5 nitrogen and oxygen atoms in total. The van der Waals surface area contributed by atoms with Crippen LogP contribution < -0.4 is 5.32 Å². The Hall–Kier alpha value is -1.62. The molecule has 0 aliphatic rings. The van der Waals surface area contributed by atoms with Crippen molar-refractivity contribution in [2.75, 3.05) is 0 Å².